The summed E-state index contributed by atoms with van der Waals surface area (Å²) in [5, 5.41) is 18.4. The van der Waals surface area contributed by atoms with Crippen molar-refractivity contribution in [3.05, 3.63) is 52.4 Å². The first-order valence-corrected chi connectivity index (χ1v) is 14.5. The molecule has 1 saturated heterocycles. The number of nitrogens with zero attached hydrogens (tertiary/aromatic N) is 4. The van der Waals surface area contributed by atoms with Crippen molar-refractivity contribution < 1.29 is 50.9 Å². The quantitative estimate of drug-likeness (QED) is 0.358. The number of fused-ring (bicyclic) bond motifs is 1. The maximum atomic E-state index is 13.5. The first-order valence-electron chi connectivity index (χ1n) is 14.1. The van der Waals surface area contributed by atoms with Gasteiger partial charge in [0.1, 0.15) is 12.1 Å². The van der Waals surface area contributed by atoms with Gasteiger partial charge in [0, 0.05) is 55.0 Å². The highest BCUT2D eigenvalue weighted by Crippen LogP contribution is 2.42. The van der Waals surface area contributed by atoms with Crippen molar-refractivity contribution in [3.63, 3.8) is 0 Å². The van der Waals surface area contributed by atoms with E-state index >= 15 is 0 Å². The van der Waals surface area contributed by atoms with Crippen LogP contribution in [0, 0.1) is 0 Å². The standard InChI is InChI=1S/C25H34ClN5O.2C2HF3O2/c1-17(2)27-15-20(18-5-7-19(26)8-6-18)24(32)31-13-11-30(12-14-31)23-22-21(28-16-29-23)9-10-25(22,3)4;2*3-2(4,5)1(6)7/h5-8,16-17,20,27H,9-15H2,1-4H3;2*(H,6,7)/t20-;;/m1../s1. The fourth-order valence-electron chi connectivity index (χ4n) is 4.85. The molecule has 2 aromatic rings. The zero-order valence-electron chi connectivity index (χ0n) is 25.5. The number of carbonyl (C=O) groups excluding carboxylic acids is 1. The van der Waals surface area contributed by atoms with Gasteiger partial charge >= 0.3 is 24.3 Å². The number of aryl methyl sites for hydroxylation is 1. The van der Waals surface area contributed by atoms with E-state index in [0.717, 1.165) is 37.3 Å². The molecule has 2 aliphatic rings. The Labute approximate surface area is 266 Å². The van der Waals surface area contributed by atoms with Crippen LogP contribution in [0.2, 0.25) is 5.02 Å². The molecule has 1 amide bonds. The number of aromatic nitrogens is 2. The van der Waals surface area contributed by atoms with Gasteiger partial charge in [-0.3, -0.25) is 4.79 Å². The highest BCUT2D eigenvalue weighted by atomic mass is 35.5. The summed E-state index contributed by atoms with van der Waals surface area (Å²) < 4.78 is 63.5. The average molecular weight is 684 g/mol. The maximum absolute atomic E-state index is 13.5. The molecule has 4 rings (SSSR count). The van der Waals surface area contributed by atoms with E-state index in [9.17, 15) is 31.1 Å². The number of alkyl halides is 6. The lowest BCUT2D eigenvalue weighted by atomic mass is 9.87. The predicted octanol–water partition coefficient (Wildman–Crippen LogP) is 5.05. The first kappa shape index (κ1) is 38.5. The maximum Gasteiger partial charge on any atom is 0.490 e. The number of carboxylic acids is 2. The highest BCUT2D eigenvalue weighted by Gasteiger charge is 2.39. The summed E-state index contributed by atoms with van der Waals surface area (Å²) in [4.78, 5) is 44.9. The second-order valence-electron chi connectivity index (χ2n) is 11.5. The van der Waals surface area contributed by atoms with Gasteiger partial charge in [-0.05, 0) is 36.0 Å². The molecule has 3 N–H and O–H groups in total. The van der Waals surface area contributed by atoms with E-state index in [2.05, 4.69) is 47.9 Å². The molecule has 1 aromatic heterocycles. The fraction of sp³-hybridized carbons (Fsp3) is 0.552. The topological polar surface area (TPSA) is 136 Å². The molecule has 17 heteroatoms. The van der Waals surface area contributed by atoms with Crippen molar-refractivity contribution in [1.29, 1.82) is 0 Å². The van der Waals surface area contributed by atoms with Gasteiger partial charge in [-0.2, -0.15) is 26.3 Å². The highest BCUT2D eigenvalue weighted by molar-refractivity contribution is 6.30. The zero-order valence-corrected chi connectivity index (χ0v) is 26.3. The zero-order chi connectivity index (χ0) is 35.0. The summed E-state index contributed by atoms with van der Waals surface area (Å²) in [5.41, 5.74) is 3.58. The third kappa shape index (κ3) is 11.0. The van der Waals surface area contributed by atoms with Crippen molar-refractivity contribution in [2.45, 2.75) is 70.3 Å². The predicted molar refractivity (Wildman–Crippen MR) is 157 cm³/mol. The van der Waals surface area contributed by atoms with Crippen LogP contribution in [0.4, 0.5) is 32.2 Å². The Morgan fingerprint density at radius 2 is 1.43 bits per heavy atom. The molecular weight excluding hydrogens is 648 g/mol. The van der Waals surface area contributed by atoms with Gasteiger partial charge in [0.15, 0.2) is 0 Å². The number of benzene rings is 1. The van der Waals surface area contributed by atoms with Crippen LogP contribution >= 0.6 is 11.6 Å². The Bertz CT molecular complexity index is 1320. The van der Waals surface area contributed by atoms with Gasteiger partial charge in [0.2, 0.25) is 5.91 Å². The van der Waals surface area contributed by atoms with Gasteiger partial charge in [-0.25, -0.2) is 19.6 Å². The number of anilines is 1. The van der Waals surface area contributed by atoms with Gasteiger partial charge in [-0.1, -0.05) is 51.4 Å². The van der Waals surface area contributed by atoms with Gasteiger partial charge in [0.05, 0.1) is 5.92 Å². The lowest BCUT2D eigenvalue weighted by Gasteiger charge is -2.38. The number of nitrogens with one attached hydrogen (secondary N) is 1. The van der Waals surface area contributed by atoms with Crippen LogP contribution in [0.3, 0.4) is 0 Å². The molecule has 2 heterocycles. The minimum absolute atomic E-state index is 0.0983. The largest absolute Gasteiger partial charge is 0.490 e. The normalized spacial score (nSPS) is 16.4. The molecule has 46 heavy (non-hydrogen) atoms. The first-order chi connectivity index (χ1) is 21.1. The summed E-state index contributed by atoms with van der Waals surface area (Å²) in [6, 6.07) is 7.98. The lowest BCUT2D eigenvalue weighted by Crippen LogP contribution is -2.51. The summed E-state index contributed by atoms with van der Waals surface area (Å²) in [6.07, 6.45) is -6.35. The van der Waals surface area contributed by atoms with Crippen molar-refractivity contribution in [2.75, 3.05) is 37.6 Å². The third-order valence-electron chi connectivity index (χ3n) is 7.25. The van der Waals surface area contributed by atoms with E-state index in [1.54, 1.807) is 6.33 Å². The minimum Gasteiger partial charge on any atom is -0.475 e. The van der Waals surface area contributed by atoms with Crippen molar-refractivity contribution >= 4 is 35.3 Å². The van der Waals surface area contributed by atoms with Crippen LogP contribution in [0.25, 0.3) is 0 Å². The number of amides is 1. The molecule has 0 unspecified atom stereocenters. The molecule has 0 saturated carbocycles. The number of carboxylic acid groups (broad SMARTS) is 2. The Morgan fingerprint density at radius 1 is 0.935 bits per heavy atom. The van der Waals surface area contributed by atoms with E-state index in [-0.39, 0.29) is 17.2 Å². The van der Waals surface area contributed by atoms with Crippen molar-refractivity contribution in [3.8, 4) is 0 Å². The number of aliphatic carboxylic acids is 2. The number of rotatable bonds is 6. The Hall–Kier alpha value is -3.66. The summed E-state index contributed by atoms with van der Waals surface area (Å²) in [7, 11) is 0. The summed E-state index contributed by atoms with van der Waals surface area (Å²) in [6.45, 7) is 12.4. The molecule has 0 spiro atoms. The van der Waals surface area contributed by atoms with E-state index in [1.165, 1.54) is 11.3 Å². The average Bonchev–Trinajstić information content (AvgIpc) is 3.28. The molecule has 1 aromatic carbocycles. The van der Waals surface area contributed by atoms with Gasteiger partial charge < -0.3 is 25.3 Å². The molecule has 10 nitrogen and oxygen atoms in total. The molecule has 1 aliphatic carbocycles. The number of hydrogen-bond acceptors (Lipinski definition) is 7. The number of hydrogen-bond donors (Lipinski definition) is 3. The molecule has 1 fully saturated rings. The van der Waals surface area contributed by atoms with E-state index in [1.807, 2.05) is 29.2 Å². The third-order valence-corrected chi connectivity index (χ3v) is 7.50. The Kier molecular flexibility index (Phi) is 13.2. The summed E-state index contributed by atoms with van der Waals surface area (Å²) in [5.74, 6) is -4.50. The van der Waals surface area contributed by atoms with Crippen LogP contribution in [-0.4, -0.2) is 94.0 Å². The molecule has 1 atom stereocenters. The smallest absolute Gasteiger partial charge is 0.475 e. The summed E-state index contributed by atoms with van der Waals surface area (Å²) >= 11 is 6.08. The van der Waals surface area contributed by atoms with Gasteiger partial charge in [0.25, 0.3) is 0 Å². The minimum atomic E-state index is -5.08. The molecule has 0 radical (unpaired) electrons. The lowest BCUT2D eigenvalue weighted by molar-refractivity contribution is -0.193. The number of halogens is 7. The second-order valence-corrected chi connectivity index (χ2v) is 11.9. The van der Waals surface area contributed by atoms with Crippen LogP contribution in [0.5, 0.6) is 0 Å². The van der Waals surface area contributed by atoms with Crippen LogP contribution < -0.4 is 10.2 Å². The van der Waals surface area contributed by atoms with Crippen LogP contribution in [-0.2, 0) is 26.2 Å². The van der Waals surface area contributed by atoms with Crippen LogP contribution in [0.15, 0.2) is 30.6 Å². The van der Waals surface area contributed by atoms with Crippen molar-refractivity contribution in [2.24, 2.45) is 0 Å². The van der Waals surface area contributed by atoms with Gasteiger partial charge in [-0.15, -0.1) is 0 Å². The number of carbonyl (C=O) groups is 3. The number of piperazine rings is 1. The molecule has 1 aliphatic heterocycles. The second kappa shape index (κ2) is 15.8. The van der Waals surface area contributed by atoms with E-state index < -0.39 is 24.3 Å². The Morgan fingerprint density at radius 3 is 1.89 bits per heavy atom. The van der Waals surface area contributed by atoms with E-state index in [0.29, 0.717) is 30.7 Å². The molecular formula is C29H36ClF6N5O5. The Balaban J connectivity index is 0.000000440. The molecule has 256 valence electrons. The van der Waals surface area contributed by atoms with Crippen molar-refractivity contribution in [1.82, 2.24) is 20.2 Å². The fourth-order valence-corrected chi connectivity index (χ4v) is 4.97. The molecule has 0 bridgehead atoms. The van der Waals surface area contributed by atoms with Crippen LogP contribution in [0.1, 0.15) is 56.9 Å². The monoisotopic (exact) mass is 683 g/mol. The van der Waals surface area contributed by atoms with E-state index in [4.69, 9.17) is 31.4 Å². The SMILES string of the molecule is CC(C)NC[C@@H](C(=O)N1CCN(c2ncnc3c2C(C)(C)CC3)CC1)c1ccc(Cl)cc1.O=C(O)C(F)(F)F.O=C(O)C(F)(F)F.